The fourth-order valence-corrected chi connectivity index (χ4v) is 7.26. The van der Waals surface area contributed by atoms with E-state index in [2.05, 4.69) is 10.6 Å². The molecule has 4 bridgehead atoms. The van der Waals surface area contributed by atoms with Crippen LogP contribution in [0.1, 0.15) is 44.2 Å². The summed E-state index contributed by atoms with van der Waals surface area (Å²) in [6.45, 7) is 0. The van der Waals surface area contributed by atoms with Crippen molar-refractivity contribution in [1.82, 2.24) is 9.38 Å². The Morgan fingerprint density at radius 2 is 1.70 bits per heavy atom. The molecule has 4 fully saturated rings. The maximum absolute atomic E-state index is 10.3. The zero-order valence-electron chi connectivity index (χ0n) is 15.0. The molecule has 4 aliphatic carbocycles. The van der Waals surface area contributed by atoms with E-state index in [1.807, 2.05) is 5.38 Å². The van der Waals surface area contributed by atoms with E-state index in [0.29, 0.717) is 5.56 Å². The van der Waals surface area contributed by atoms with Crippen LogP contribution >= 0.6 is 23.7 Å². The third-order valence-electron chi connectivity index (χ3n) is 7.05. The summed E-state index contributed by atoms with van der Waals surface area (Å²) in [5.41, 5.74) is 3.09. The molecule has 27 heavy (non-hydrogen) atoms. The standard InChI is InChI=1S/C21H22N2O2S.ClH/c24-15-1-2-18(25)16(6-15)17-11-26-20-22-19(10-23(17)20)21-7-12-3-13(8-21)5-14(4-12)9-21;/h1-2,6,10-14,24-25H,3-5,7-9H2;1H. The van der Waals surface area contributed by atoms with E-state index < -0.39 is 0 Å². The van der Waals surface area contributed by atoms with Crippen molar-refractivity contribution in [3.05, 3.63) is 35.5 Å². The summed E-state index contributed by atoms with van der Waals surface area (Å²) in [4.78, 5) is 6.02. The first-order chi connectivity index (χ1) is 12.6. The molecule has 1 aromatic carbocycles. The van der Waals surface area contributed by atoms with Crippen LogP contribution in [-0.2, 0) is 5.41 Å². The molecule has 0 amide bonds. The zero-order valence-corrected chi connectivity index (χ0v) is 16.6. The normalized spacial score (nSPS) is 31.3. The van der Waals surface area contributed by atoms with E-state index in [9.17, 15) is 10.2 Å². The molecule has 0 aliphatic heterocycles. The van der Waals surface area contributed by atoms with Gasteiger partial charge in [-0.3, -0.25) is 4.40 Å². The van der Waals surface area contributed by atoms with Gasteiger partial charge in [0.1, 0.15) is 11.5 Å². The molecule has 6 heteroatoms. The quantitative estimate of drug-likeness (QED) is 0.567. The van der Waals surface area contributed by atoms with Crippen LogP contribution in [0.3, 0.4) is 0 Å². The topological polar surface area (TPSA) is 57.8 Å². The number of hydrogen-bond acceptors (Lipinski definition) is 4. The second-order valence-electron chi connectivity index (χ2n) is 8.80. The van der Waals surface area contributed by atoms with Gasteiger partial charge in [0, 0.05) is 22.6 Å². The van der Waals surface area contributed by atoms with E-state index in [1.165, 1.54) is 50.3 Å². The minimum absolute atomic E-state index is 0. The van der Waals surface area contributed by atoms with Gasteiger partial charge in [0.05, 0.1) is 11.4 Å². The van der Waals surface area contributed by atoms with Crippen LogP contribution in [0.15, 0.2) is 29.8 Å². The Balaban J connectivity index is 0.00000160. The number of benzene rings is 1. The second kappa shape index (κ2) is 5.89. The number of phenols is 2. The van der Waals surface area contributed by atoms with Crippen molar-refractivity contribution in [3.63, 3.8) is 0 Å². The van der Waals surface area contributed by atoms with Gasteiger partial charge in [0.25, 0.3) is 0 Å². The summed E-state index contributed by atoms with van der Waals surface area (Å²) < 4.78 is 2.10. The Morgan fingerprint density at radius 3 is 2.37 bits per heavy atom. The highest BCUT2D eigenvalue weighted by atomic mass is 35.5. The van der Waals surface area contributed by atoms with Gasteiger partial charge >= 0.3 is 0 Å². The maximum atomic E-state index is 10.3. The van der Waals surface area contributed by atoms with Crippen LogP contribution in [0.2, 0.25) is 0 Å². The number of aromatic hydroxyl groups is 2. The van der Waals surface area contributed by atoms with Gasteiger partial charge < -0.3 is 10.2 Å². The van der Waals surface area contributed by atoms with Crippen molar-refractivity contribution < 1.29 is 10.2 Å². The van der Waals surface area contributed by atoms with Crippen LogP contribution < -0.4 is 0 Å². The summed E-state index contributed by atoms with van der Waals surface area (Å²) in [7, 11) is 0. The Hall–Kier alpha value is -1.72. The lowest BCUT2D eigenvalue weighted by atomic mass is 9.49. The third-order valence-corrected chi connectivity index (χ3v) is 7.89. The average Bonchev–Trinajstić information content (AvgIpc) is 3.17. The van der Waals surface area contributed by atoms with Crippen molar-refractivity contribution >= 4 is 28.7 Å². The fourth-order valence-electron chi connectivity index (χ4n) is 6.39. The predicted octanol–water partition coefficient (Wildman–Crippen LogP) is 5.36. The van der Waals surface area contributed by atoms with Gasteiger partial charge in [-0.05, 0) is 74.5 Å². The number of phenolic OH excluding ortho intramolecular Hbond substituents is 2. The molecule has 2 aromatic heterocycles. The lowest BCUT2D eigenvalue weighted by Crippen LogP contribution is -2.48. The van der Waals surface area contributed by atoms with Crippen LogP contribution in [0.25, 0.3) is 16.2 Å². The van der Waals surface area contributed by atoms with Crippen LogP contribution in [0, 0.1) is 17.8 Å². The molecule has 0 unspecified atom stereocenters. The number of rotatable bonds is 2. The molecule has 0 saturated heterocycles. The van der Waals surface area contributed by atoms with Crippen LogP contribution in [-0.4, -0.2) is 19.6 Å². The van der Waals surface area contributed by atoms with Gasteiger partial charge in [-0.25, -0.2) is 4.98 Å². The van der Waals surface area contributed by atoms with E-state index in [1.54, 1.807) is 23.5 Å². The molecule has 3 aromatic rings. The van der Waals surface area contributed by atoms with Crippen molar-refractivity contribution in [2.75, 3.05) is 0 Å². The minimum atomic E-state index is 0. The molecule has 7 rings (SSSR count). The van der Waals surface area contributed by atoms with Crippen molar-refractivity contribution in [2.45, 2.75) is 43.9 Å². The molecule has 4 nitrogen and oxygen atoms in total. The molecule has 0 spiro atoms. The van der Waals surface area contributed by atoms with E-state index in [-0.39, 0.29) is 29.3 Å². The van der Waals surface area contributed by atoms with E-state index in [4.69, 9.17) is 4.98 Å². The second-order valence-corrected chi connectivity index (χ2v) is 9.64. The number of imidazole rings is 1. The van der Waals surface area contributed by atoms with E-state index >= 15 is 0 Å². The number of fused-ring (bicyclic) bond motifs is 1. The summed E-state index contributed by atoms with van der Waals surface area (Å²) >= 11 is 1.61. The van der Waals surface area contributed by atoms with Crippen molar-refractivity contribution in [1.29, 1.82) is 0 Å². The minimum Gasteiger partial charge on any atom is -0.508 e. The molecule has 4 aliphatic rings. The van der Waals surface area contributed by atoms with Gasteiger partial charge in [0.15, 0.2) is 4.96 Å². The SMILES string of the molecule is Cl.Oc1ccc(O)c(-c2csc3nc(C45CC6CC(CC(C6)C4)C5)cn23)c1. The molecular weight excluding hydrogens is 380 g/mol. The summed E-state index contributed by atoms with van der Waals surface area (Å²) in [6.07, 6.45) is 10.4. The molecule has 0 radical (unpaired) electrons. The zero-order chi connectivity index (χ0) is 17.5. The highest BCUT2D eigenvalue weighted by molar-refractivity contribution is 7.15. The molecule has 142 valence electrons. The Morgan fingerprint density at radius 1 is 1.04 bits per heavy atom. The average molecular weight is 403 g/mol. The van der Waals surface area contributed by atoms with Gasteiger partial charge in [-0.2, -0.15) is 0 Å². The summed E-state index contributed by atoms with van der Waals surface area (Å²) in [5.74, 6) is 3.05. The molecule has 4 saturated carbocycles. The maximum Gasteiger partial charge on any atom is 0.194 e. The Labute approximate surface area is 168 Å². The molecule has 2 heterocycles. The number of aromatic nitrogens is 2. The largest absolute Gasteiger partial charge is 0.508 e. The Kier molecular flexibility index (Phi) is 3.79. The van der Waals surface area contributed by atoms with Crippen molar-refractivity contribution in [3.8, 4) is 22.8 Å². The fraction of sp³-hybridized carbons (Fsp3) is 0.476. The number of thiazole rings is 1. The molecule has 0 atom stereocenters. The first-order valence-corrected chi connectivity index (χ1v) is 10.5. The smallest absolute Gasteiger partial charge is 0.194 e. The first-order valence-electron chi connectivity index (χ1n) is 9.59. The molecule has 2 N–H and O–H groups in total. The lowest BCUT2D eigenvalue weighted by Gasteiger charge is -2.56. The third kappa shape index (κ3) is 2.51. The number of hydrogen-bond donors (Lipinski definition) is 2. The Bertz CT molecular complexity index is 989. The van der Waals surface area contributed by atoms with E-state index in [0.717, 1.165) is 28.4 Å². The highest BCUT2D eigenvalue weighted by Crippen LogP contribution is 2.60. The van der Waals surface area contributed by atoms with Gasteiger partial charge in [-0.15, -0.1) is 23.7 Å². The number of nitrogens with zero attached hydrogens (tertiary/aromatic N) is 2. The van der Waals surface area contributed by atoms with Crippen LogP contribution in [0.5, 0.6) is 11.5 Å². The predicted molar refractivity (Wildman–Crippen MR) is 109 cm³/mol. The van der Waals surface area contributed by atoms with Gasteiger partial charge in [0.2, 0.25) is 0 Å². The first kappa shape index (κ1) is 17.4. The van der Waals surface area contributed by atoms with Gasteiger partial charge in [-0.1, -0.05) is 0 Å². The summed E-state index contributed by atoms with van der Waals surface area (Å²) in [6, 6.07) is 4.68. The number of halogens is 1. The van der Waals surface area contributed by atoms with Crippen molar-refractivity contribution in [2.24, 2.45) is 17.8 Å². The lowest BCUT2D eigenvalue weighted by molar-refractivity contribution is -0.00696. The van der Waals surface area contributed by atoms with Crippen LogP contribution in [0.4, 0.5) is 0 Å². The summed E-state index contributed by atoms with van der Waals surface area (Å²) in [5, 5.41) is 22.1. The highest BCUT2D eigenvalue weighted by Gasteiger charge is 2.52. The molecular formula is C21H23ClN2O2S. The monoisotopic (exact) mass is 402 g/mol.